The van der Waals surface area contributed by atoms with Gasteiger partial charge in [0.25, 0.3) is 0 Å². The van der Waals surface area contributed by atoms with E-state index in [2.05, 4.69) is 11.5 Å². The number of rotatable bonds is 5. The van der Waals surface area contributed by atoms with E-state index in [4.69, 9.17) is 16.3 Å². The molecule has 0 fully saturated rings. The minimum Gasteiger partial charge on any atom is -0.465 e. The SMILES string of the molecule is COC(=O)c1cccc(Sc2c(C)n(Cc3ccc(F)cc3)c3cc(Cl)ccc23)c1. The van der Waals surface area contributed by atoms with Crippen molar-refractivity contribution in [3.8, 4) is 0 Å². The summed E-state index contributed by atoms with van der Waals surface area (Å²) in [6.07, 6.45) is 0. The van der Waals surface area contributed by atoms with Crippen LogP contribution in [0.15, 0.2) is 76.5 Å². The molecule has 0 unspecified atom stereocenters. The summed E-state index contributed by atoms with van der Waals surface area (Å²) in [6.45, 7) is 2.66. The van der Waals surface area contributed by atoms with E-state index < -0.39 is 0 Å². The van der Waals surface area contributed by atoms with Gasteiger partial charge in [0, 0.05) is 32.4 Å². The fourth-order valence-corrected chi connectivity index (χ4v) is 4.72. The van der Waals surface area contributed by atoms with Gasteiger partial charge in [0.1, 0.15) is 5.82 Å². The van der Waals surface area contributed by atoms with E-state index in [1.807, 2.05) is 36.4 Å². The molecule has 0 saturated heterocycles. The summed E-state index contributed by atoms with van der Waals surface area (Å²) in [7, 11) is 1.37. The lowest BCUT2D eigenvalue weighted by Crippen LogP contribution is -2.02. The van der Waals surface area contributed by atoms with Crippen molar-refractivity contribution in [1.82, 2.24) is 4.57 Å². The van der Waals surface area contributed by atoms with Gasteiger partial charge in [-0.1, -0.05) is 47.6 Å². The molecular formula is C24H19ClFNO2S. The van der Waals surface area contributed by atoms with Gasteiger partial charge in [-0.2, -0.15) is 0 Å². The van der Waals surface area contributed by atoms with Crippen LogP contribution in [0.5, 0.6) is 0 Å². The number of esters is 1. The number of hydrogen-bond donors (Lipinski definition) is 0. The van der Waals surface area contributed by atoms with Crippen molar-refractivity contribution in [3.05, 3.63) is 94.4 Å². The number of fused-ring (bicyclic) bond motifs is 1. The number of halogens is 2. The zero-order valence-electron chi connectivity index (χ0n) is 16.5. The normalized spacial score (nSPS) is 11.1. The zero-order chi connectivity index (χ0) is 21.3. The van der Waals surface area contributed by atoms with E-state index in [0.717, 1.165) is 32.0 Å². The maximum Gasteiger partial charge on any atom is 0.337 e. The van der Waals surface area contributed by atoms with E-state index >= 15 is 0 Å². The third-order valence-electron chi connectivity index (χ3n) is 4.96. The topological polar surface area (TPSA) is 31.2 Å². The van der Waals surface area contributed by atoms with Crippen LogP contribution in [0.25, 0.3) is 10.9 Å². The van der Waals surface area contributed by atoms with Crippen LogP contribution in [0.2, 0.25) is 5.02 Å². The quantitative estimate of drug-likeness (QED) is 0.323. The van der Waals surface area contributed by atoms with Crippen LogP contribution >= 0.6 is 23.4 Å². The molecule has 1 aromatic heterocycles. The van der Waals surface area contributed by atoms with E-state index in [1.54, 1.807) is 30.0 Å². The maximum absolute atomic E-state index is 13.3. The maximum atomic E-state index is 13.3. The van der Waals surface area contributed by atoms with Crippen molar-refractivity contribution in [3.63, 3.8) is 0 Å². The molecule has 3 aromatic carbocycles. The van der Waals surface area contributed by atoms with Gasteiger partial charge < -0.3 is 9.30 Å². The first-order chi connectivity index (χ1) is 14.5. The first-order valence-corrected chi connectivity index (χ1v) is 10.5. The summed E-state index contributed by atoms with van der Waals surface area (Å²) in [6, 6.07) is 19.7. The molecule has 6 heteroatoms. The molecule has 1 heterocycles. The fraction of sp³-hybridized carbons (Fsp3) is 0.125. The van der Waals surface area contributed by atoms with Crippen molar-refractivity contribution in [2.45, 2.75) is 23.3 Å². The lowest BCUT2D eigenvalue weighted by atomic mass is 10.2. The number of carbonyl (C=O) groups is 1. The fourth-order valence-electron chi connectivity index (χ4n) is 3.45. The van der Waals surface area contributed by atoms with E-state index in [-0.39, 0.29) is 11.8 Å². The second-order valence-corrected chi connectivity index (χ2v) is 8.43. The summed E-state index contributed by atoms with van der Waals surface area (Å²) >= 11 is 7.88. The van der Waals surface area contributed by atoms with Crippen LogP contribution in [0.4, 0.5) is 4.39 Å². The minimum absolute atomic E-state index is 0.252. The molecule has 30 heavy (non-hydrogen) atoms. The molecule has 0 amide bonds. The van der Waals surface area contributed by atoms with Gasteiger partial charge >= 0.3 is 5.97 Å². The van der Waals surface area contributed by atoms with Gasteiger partial charge in [0.05, 0.1) is 18.2 Å². The average molecular weight is 440 g/mol. The molecule has 0 bridgehead atoms. The predicted octanol–water partition coefficient (Wildman–Crippen LogP) is 6.73. The number of ether oxygens (including phenoxy) is 1. The second-order valence-electron chi connectivity index (χ2n) is 6.91. The molecular weight excluding hydrogens is 421 g/mol. The first kappa shape index (κ1) is 20.5. The highest BCUT2D eigenvalue weighted by Gasteiger charge is 2.17. The van der Waals surface area contributed by atoms with Crippen molar-refractivity contribution >= 4 is 40.2 Å². The number of benzene rings is 3. The predicted molar refractivity (Wildman–Crippen MR) is 119 cm³/mol. The molecule has 0 N–H and O–H groups in total. The Morgan fingerprint density at radius 2 is 1.87 bits per heavy atom. The molecule has 0 aliphatic carbocycles. The lowest BCUT2D eigenvalue weighted by Gasteiger charge is -2.09. The summed E-state index contributed by atoms with van der Waals surface area (Å²) in [5, 5.41) is 1.73. The third kappa shape index (κ3) is 4.09. The van der Waals surface area contributed by atoms with E-state index in [9.17, 15) is 9.18 Å². The molecule has 4 aromatic rings. The first-order valence-electron chi connectivity index (χ1n) is 9.35. The number of methoxy groups -OCH3 is 1. The summed E-state index contributed by atoms with van der Waals surface area (Å²) < 4.78 is 20.3. The van der Waals surface area contributed by atoms with Crippen molar-refractivity contribution < 1.29 is 13.9 Å². The molecule has 3 nitrogen and oxygen atoms in total. The zero-order valence-corrected chi connectivity index (χ0v) is 18.1. The van der Waals surface area contributed by atoms with Crippen LogP contribution in [-0.2, 0) is 11.3 Å². The van der Waals surface area contributed by atoms with Gasteiger partial charge in [-0.25, -0.2) is 9.18 Å². The smallest absolute Gasteiger partial charge is 0.337 e. The molecule has 0 spiro atoms. The van der Waals surface area contributed by atoms with Crippen molar-refractivity contribution in [2.75, 3.05) is 7.11 Å². The van der Waals surface area contributed by atoms with Crippen LogP contribution in [0, 0.1) is 12.7 Å². The highest BCUT2D eigenvalue weighted by atomic mass is 35.5. The second kappa shape index (κ2) is 8.54. The monoisotopic (exact) mass is 439 g/mol. The van der Waals surface area contributed by atoms with Gasteiger partial charge in [-0.3, -0.25) is 0 Å². The Hall–Kier alpha value is -2.76. The Kier molecular flexibility index (Phi) is 5.84. The number of aromatic nitrogens is 1. The Balaban J connectivity index is 1.78. The van der Waals surface area contributed by atoms with Crippen LogP contribution in [0.3, 0.4) is 0 Å². The average Bonchev–Trinajstić information content (AvgIpc) is 3.00. The van der Waals surface area contributed by atoms with E-state index in [1.165, 1.54) is 19.2 Å². The third-order valence-corrected chi connectivity index (χ3v) is 6.40. The molecule has 0 saturated carbocycles. The van der Waals surface area contributed by atoms with Crippen LogP contribution in [-0.4, -0.2) is 17.6 Å². The molecule has 0 radical (unpaired) electrons. The van der Waals surface area contributed by atoms with Crippen molar-refractivity contribution in [1.29, 1.82) is 0 Å². The number of hydrogen-bond acceptors (Lipinski definition) is 3. The summed E-state index contributed by atoms with van der Waals surface area (Å²) in [4.78, 5) is 13.9. The van der Waals surface area contributed by atoms with Gasteiger partial charge in [-0.05, 0) is 55.0 Å². The Labute approximate surface area is 183 Å². The molecule has 4 rings (SSSR count). The highest BCUT2D eigenvalue weighted by Crippen LogP contribution is 2.39. The van der Waals surface area contributed by atoms with Crippen LogP contribution < -0.4 is 0 Å². The van der Waals surface area contributed by atoms with Crippen LogP contribution in [0.1, 0.15) is 21.6 Å². The molecule has 152 valence electrons. The summed E-state index contributed by atoms with van der Waals surface area (Å²) in [5.74, 6) is -0.614. The largest absolute Gasteiger partial charge is 0.465 e. The Bertz CT molecular complexity index is 1230. The standard InChI is InChI=1S/C24H19ClFNO2S/c1-15-23(30-20-5-3-4-17(12-20)24(28)29-2)21-11-8-18(25)13-22(21)27(15)14-16-6-9-19(26)10-7-16/h3-13H,14H2,1-2H3. The van der Waals surface area contributed by atoms with Gasteiger partial charge in [0.15, 0.2) is 0 Å². The molecule has 0 aliphatic heterocycles. The molecule has 0 atom stereocenters. The molecule has 0 aliphatic rings. The Morgan fingerprint density at radius 3 is 2.60 bits per heavy atom. The minimum atomic E-state index is -0.361. The summed E-state index contributed by atoms with van der Waals surface area (Å²) in [5.41, 5.74) is 3.60. The number of nitrogens with zero attached hydrogens (tertiary/aromatic N) is 1. The lowest BCUT2D eigenvalue weighted by molar-refractivity contribution is 0.0600. The Morgan fingerprint density at radius 1 is 1.10 bits per heavy atom. The van der Waals surface area contributed by atoms with Crippen molar-refractivity contribution in [2.24, 2.45) is 0 Å². The highest BCUT2D eigenvalue weighted by molar-refractivity contribution is 7.99. The number of carbonyl (C=O) groups excluding carboxylic acids is 1. The van der Waals surface area contributed by atoms with Gasteiger partial charge in [-0.15, -0.1) is 0 Å². The van der Waals surface area contributed by atoms with Gasteiger partial charge in [0.2, 0.25) is 0 Å². The van der Waals surface area contributed by atoms with E-state index in [0.29, 0.717) is 17.1 Å².